The highest BCUT2D eigenvalue weighted by Crippen LogP contribution is 2.39. The minimum Gasteiger partial charge on any atom is -0.288 e. The number of hydrogen-bond donors (Lipinski definition) is 0. The molecule has 0 aromatic heterocycles. The van der Waals surface area contributed by atoms with Crippen LogP contribution < -0.4 is 0 Å². The zero-order chi connectivity index (χ0) is 19.1. The molecule has 0 radical (unpaired) electrons. The number of carbonyl (C=O) groups is 1. The van der Waals surface area contributed by atoms with Gasteiger partial charge in [0.05, 0.1) is 4.91 Å². The third kappa shape index (κ3) is 5.33. The lowest BCUT2D eigenvalue weighted by Crippen LogP contribution is -2.04. The van der Waals surface area contributed by atoms with E-state index >= 15 is 0 Å². The van der Waals surface area contributed by atoms with E-state index in [2.05, 4.69) is 62.4 Å². The molecule has 27 heavy (non-hydrogen) atoms. The Labute approximate surface area is 166 Å². The van der Waals surface area contributed by atoms with Gasteiger partial charge in [0.2, 0.25) is 0 Å². The van der Waals surface area contributed by atoms with Crippen LogP contribution in [-0.4, -0.2) is 5.78 Å². The number of allylic oxidation sites excluding steroid dienone is 5. The monoisotopic (exact) mass is 374 g/mol. The number of hydrogen-bond acceptors (Lipinski definition) is 2. The molecule has 1 nitrogen and oxygen atoms in total. The number of benzene rings is 2. The van der Waals surface area contributed by atoms with E-state index in [1.54, 1.807) is 11.8 Å². The molecule has 138 valence electrons. The van der Waals surface area contributed by atoms with E-state index in [9.17, 15) is 4.79 Å². The Kier molecular flexibility index (Phi) is 6.89. The molecular formula is C25H26OS. The maximum absolute atomic E-state index is 13.0. The fourth-order valence-corrected chi connectivity index (χ4v) is 4.13. The molecule has 2 aromatic carbocycles. The molecule has 1 aliphatic rings. The van der Waals surface area contributed by atoms with Crippen molar-refractivity contribution in [1.29, 1.82) is 0 Å². The zero-order valence-corrected chi connectivity index (χ0v) is 16.8. The van der Waals surface area contributed by atoms with Crippen LogP contribution >= 0.6 is 11.8 Å². The van der Waals surface area contributed by atoms with Crippen molar-refractivity contribution in [2.45, 2.75) is 38.0 Å². The van der Waals surface area contributed by atoms with Crippen molar-refractivity contribution in [2.75, 3.05) is 0 Å². The average Bonchev–Trinajstić information content (AvgIpc) is 2.98. The maximum Gasteiger partial charge on any atom is 0.195 e. The molecule has 1 atom stereocenters. The predicted octanol–water partition coefficient (Wildman–Crippen LogP) is 7.00. The lowest BCUT2D eigenvalue weighted by atomic mass is 9.95. The van der Waals surface area contributed by atoms with Gasteiger partial charge in [-0.2, -0.15) is 0 Å². The number of Topliss-reactive ketones (excluding diaryl/α,β-unsaturated/α-hetero) is 1. The van der Waals surface area contributed by atoms with Crippen LogP contribution in [0.1, 0.15) is 37.3 Å². The summed E-state index contributed by atoms with van der Waals surface area (Å²) in [4.78, 5) is 15.0. The molecule has 0 aliphatic heterocycles. The van der Waals surface area contributed by atoms with Gasteiger partial charge < -0.3 is 0 Å². The Morgan fingerprint density at radius 2 is 1.78 bits per heavy atom. The van der Waals surface area contributed by atoms with Crippen LogP contribution in [0.5, 0.6) is 0 Å². The fourth-order valence-electron chi connectivity index (χ4n) is 3.16. The number of aryl methyl sites for hydroxylation is 1. The smallest absolute Gasteiger partial charge is 0.195 e. The highest BCUT2D eigenvalue weighted by Gasteiger charge is 2.29. The summed E-state index contributed by atoms with van der Waals surface area (Å²) in [5.74, 6) is 0.408. The van der Waals surface area contributed by atoms with Crippen LogP contribution in [0, 0.1) is 12.8 Å². The maximum atomic E-state index is 13.0. The lowest BCUT2D eigenvalue weighted by molar-refractivity contribution is -0.111. The first-order valence-electron chi connectivity index (χ1n) is 9.61. The van der Waals surface area contributed by atoms with Gasteiger partial charge in [0.15, 0.2) is 5.78 Å². The van der Waals surface area contributed by atoms with Crippen LogP contribution in [0.4, 0.5) is 0 Å². The van der Waals surface area contributed by atoms with E-state index in [1.165, 1.54) is 5.56 Å². The summed E-state index contributed by atoms with van der Waals surface area (Å²) in [5, 5.41) is 0. The first-order chi connectivity index (χ1) is 13.2. The van der Waals surface area contributed by atoms with Crippen molar-refractivity contribution in [3.05, 3.63) is 94.4 Å². The number of carbonyl (C=O) groups excluding carboxylic acids is 1. The van der Waals surface area contributed by atoms with Crippen LogP contribution in [0.2, 0.25) is 0 Å². The van der Waals surface area contributed by atoms with Gasteiger partial charge in [0.25, 0.3) is 0 Å². The molecule has 0 saturated heterocycles. The summed E-state index contributed by atoms with van der Waals surface area (Å²) < 4.78 is 0. The number of rotatable bonds is 7. The van der Waals surface area contributed by atoms with E-state index in [0.717, 1.165) is 40.2 Å². The zero-order valence-electron chi connectivity index (χ0n) is 16.0. The van der Waals surface area contributed by atoms with Crippen LogP contribution in [0.15, 0.2) is 88.2 Å². The van der Waals surface area contributed by atoms with Crippen molar-refractivity contribution in [3.8, 4) is 0 Å². The Bertz CT molecular complexity index is 857. The Morgan fingerprint density at radius 1 is 1.04 bits per heavy atom. The lowest BCUT2D eigenvalue weighted by Gasteiger charge is -2.08. The van der Waals surface area contributed by atoms with Crippen molar-refractivity contribution in [1.82, 2.24) is 0 Å². The number of unbranched alkanes of at least 4 members (excludes halogenated alkanes) is 1. The van der Waals surface area contributed by atoms with Gasteiger partial charge in [-0.25, -0.2) is 0 Å². The van der Waals surface area contributed by atoms with Gasteiger partial charge >= 0.3 is 0 Å². The van der Waals surface area contributed by atoms with Crippen molar-refractivity contribution < 1.29 is 4.79 Å². The van der Waals surface area contributed by atoms with E-state index in [4.69, 9.17) is 0 Å². The summed E-state index contributed by atoms with van der Waals surface area (Å²) in [6.45, 7) is 4.27. The first-order valence-corrected chi connectivity index (χ1v) is 10.4. The molecule has 0 N–H and O–H groups in total. The molecule has 3 rings (SSSR count). The summed E-state index contributed by atoms with van der Waals surface area (Å²) >= 11 is 1.59. The SMILES string of the molecule is CCCCC1C=C(Sc2ccc(C)cc2)C(=O)/C1=C\C=C\c1ccccc1. The molecule has 2 aromatic rings. The highest BCUT2D eigenvalue weighted by molar-refractivity contribution is 8.04. The molecular weight excluding hydrogens is 348 g/mol. The van der Waals surface area contributed by atoms with Crippen LogP contribution in [0.25, 0.3) is 6.08 Å². The second-order valence-electron chi connectivity index (χ2n) is 6.92. The third-order valence-corrected chi connectivity index (χ3v) is 5.77. The Balaban J connectivity index is 1.78. The third-order valence-electron chi connectivity index (χ3n) is 4.72. The minimum atomic E-state index is 0.180. The molecule has 1 aliphatic carbocycles. The molecule has 0 bridgehead atoms. The summed E-state index contributed by atoms with van der Waals surface area (Å²) in [7, 11) is 0. The minimum absolute atomic E-state index is 0.180. The van der Waals surface area contributed by atoms with E-state index in [-0.39, 0.29) is 11.7 Å². The van der Waals surface area contributed by atoms with Crippen molar-refractivity contribution in [2.24, 2.45) is 5.92 Å². The van der Waals surface area contributed by atoms with Crippen molar-refractivity contribution in [3.63, 3.8) is 0 Å². The topological polar surface area (TPSA) is 17.1 Å². The molecule has 0 amide bonds. The first kappa shape index (κ1) is 19.4. The predicted molar refractivity (Wildman–Crippen MR) is 117 cm³/mol. The van der Waals surface area contributed by atoms with Gasteiger partial charge in [0, 0.05) is 16.4 Å². The van der Waals surface area contributed by atoms with Gasteiger partial charge in [-0.1, -0.05) is 104 Å². The largest absolute Gasteiger partial charge is 0.288 e. The Morgan fingerprint density at radius 3 is 2.48 bits per heavy atom. The molecule has 0 fully saturated rings. The number of thioether (sulfide) groups is 1. The number of ketones is 1. The standard InChI is InChI=1S/C25H26OS/c1-3-4-12-21-18-24(27-22-16-14-19(2)15-17-22)25(26)23(21)13-8-11-20-9-6-5-7-10-20/h5-11,13-18,21H,3-4,12H2,1-2H3/b11-8+,23-13-. The second kappa shape index (κ2) is 9.57. The van der Waals surface area contributed by atoms with Crippen LogP contribution in [-0.2, 0) is 4.79 Å². The van der Waals surface area contributed by atoms with Gasteiger partial charge in [-0.05, 0) is 31.0 Å². The van der Waals surface area contributed by atoms with Crippen molar-refractivity contribution >= 4 is 23.6 Å². The second-order valence-corrected chi connectivity index (χ2v) is 8.03. The highest BCUT2D eigenvalue weighted by atomic mass is 32.2. The normalized spacial score (nSPS) is 18.4. The van der Waals surface area contributed by atoms with Gasteiger partial charge in [0.1, 0.15) is 0 Å². The van der Waals surface area contributed by atoms with E-state index in [0.29, 0.717) is 0 Å². The Hall–Kier alpha value is -2.32. The van der Waals surface area contributed by atoms with Crippen LogP contribution in [0.3, 0.4) is 0 Å². The molecule has 0 saturated carbocycles. The summed E-state index contributed by atoms with van der Waals surface area (Å²) in [6, 6.07) is 18.6. The molecule has 2 heteroatoms. The summed E-state index contributed by atoms with van der Waals surface area (Å²) in [5.41, 5.74) is 3.30. The van der Waals surface area contributed by atoms with E-state index < -0.39 is 0 Å². The molecule has 1 unspecified atom stereocenters. The van der Waals surface area contributed by atoms with E-state index in [1.807, 2.05) is 30.4 Å². The van der Waals surface area contributed by atoms with Gasteiger partial charge in [-0.3, -0.25) is 4.79 Å². The molecule has 0 spiro atoms. The fraction of sp³-hybridized carbons (Fsp3) is 0.240. The van der Waals surface area contributed by atoms with Gasteiger partial charge in [-0.15, -0.1) is 0 Å². The average molecular weight is 375 g/mol. The quantitative estimate of drug-likeness (QED) is 0.485. The molecule has 0 heterocycles. The summed E-state index contributed by atoms with van der Waals surface area (Å²) in [6.07, 6.45) is 11.6.